The number of nitriles is 2. The van der Waals surface area contributed by atoms with Crippen molar-refractivity contribution in [3.63, 3.8) is 0 Å². The van der Waals surface area contributed by atoms with Gasteiger partial charge in [-0.2, -0.15) is 10.5 Å². The molecule has 2 aromatic carbocycles. The highest BCUT2D eigenvalue weighted by atomic mass is 16.3. The van der Waals surface area contributed by atoms with E-state index >= 15 is 0 Å². The van der Waals surface area contributed by atoms with Crippen molar-refractivity contribution in [3.05, 3.63) is 106 Å². The third kappa shape index (κ3) is 6.84. The van der Waals surface area contributed by atoms with Gasteiger partial charge in [-0.25, -0.2) is 0 Å². The first kappa shape index (κ1) is 33.9. The molecular weight excluding hydrogens is 582 g/mol. The molecule has 2 bridgehead atoms. The van der Waals surface area contributed by atoms with Crippen LogP contribution in [0.1, 0.15) is 105 Å². The standard InChI is InChI=1S/C24H29N3O2.C16H18N2/c1-15-19(22(29)14-26-18-9-10-20(26)21(28)11-18)12-23(24(2,3)4)27(15)17-7-5-16(13-25)6-8-17;1-12-5-10-15(16(2,3)4)18(12)14-8-6-13(11-17)7-9-14/h5-8,12,18,20-21,28H,9-11,14H2,1-4H3;5-10H,1-4H3/t18?,20?,21-;/m0./s1. The molecule has 0 radical (unpaired) electrons. The van der Waals surface area contributed by atoms with Crippen LogP contribution in [0.15, 0.2) is 66.7 Å². The molecule has 3 atom stereocenters. The zero-order chi connectivity index (χ0) is 34.3. The molecular formula is C40H47N5O2. The van der Waals surface area contributed by atoms with Crippen molar-refractivity contribution >= 4 is 5.78 Å². The number of rotatable bonds is 5. The molecule has 2 aliphatic rings. The molecule has 2 saturated heterocycles. The van der Waals surface area contributed by atoms with Gasteiger partial charge in [-0.05, 0) is 99.8 Å². The Morgan fingerprint density at radius 1 is 0.787 bits per heavy atom. The number of hydrogen-bond acceptors (Lipinski definition) is 5. The van der Waals surface area contributed by atoms with Gasteiger partial charge in [0.15, 0.2) is 5.78 Å². The van der Waals surface area contributed by atoms with E-state index in [2.05, 4.69) is 86.8 Å². The van der Waals surface area contributed by atoms with Crippen LogP contribution in [-0.4, -0.2) is 49.7 Å². The lowest BCUT2D eigenvalue weighted by Gasteiger charge is -2.22. The maximum Gasteiger partial charge on any atom is 0.178 e. The summed E-state index contributed by atoms with van der Waals surface area (Å²) in [6, 6.07) is 26.3. The number of hydrogen-bond donors (Lipinski definition) is 1. The molecule has 7 heteroatoms. The number of aliphatic hydroxyl groups excluding tert-OH is 1. The van der Waals surface area contributed by atoms with E-state index in [0.29, 0.717) is 23.7 Å². The molecule has 0 amide bonds. The maximum atomic E-state index is 13.3. The van der Waals surface area contributed by atoms with E-state index in [9.17, 15) is 9.90 Å². The fraction of sp³-hybridized carbons (Fsp3) is 0.425. The minimum Gasteiger partial charge on any atom is -0.391 e. The highest BCUT2D eigenvalue weighted by molar-refractivity contribution is 5.99. The Bertz CT molecular complexity index is 1830. The van der Waals surface area contributed by atoms with Gasteiger partial charge in [0, 0.05) is 62.6 Å². The number of ketones is 1. The lowest BCUT2D eigenvalue weighted by Crippen LogP contribution is -2.36. The molecule has 2 aliphatic heterocycles. The second-order valence-corrected chi connectivity index (χ2v) is 15.1. The smallest absolute Gasteiger partial charge is 0.178 e. The topological polar surface area (TPSA) is 98.0 Å². The number of benzene rings is 2. The van der Waals surface area contributed by atoms with E-state index in [1.807, 2.05) is 61.5 Å². The third-order valence-corrected chi connectivity index (χ3v) is 9.64. The first-order valence-electron chi connectivity index (χ1n) is 16.5. The molecule has 4 heterocycles. The van der Waals surface area contributed by atoms with Crippen LogP contribution in [-0.2, 0) is 10.8 Å². The summed E-state index contributed by atoms with van der Waals surface area (Å²) in [5.74, 6) is 0.117. The van der Waals surface area contributed by atoms with Gasteiger partial charge in [-0.15, -0.1) is 0 Å². The molecule has 1 N–H and O–H groups in total. The van der Waals surface area contributed by atoms with Crippen LogP contribution < -0.4 is 0 Å². The summed E-state index contributed by atoms with van der Waals surface area (Å²) in [4.78, 5) is 15.5. The van der Waals surface area contributed by atoms with Crippen LogP contribution in [0, 0.1) is 36.5 Å². The molecule has 4 aromatic rings. The first-order valence-corrected chi connectivity index (χ1v) is 16.5. The first-order chi connectivity index (χ1) is 22.1. The van der Waals surface area contributed by atoms with Gasteiger partial charge in [0.25, 0.3) is 0 Å². The molecule has 6 rings (SSSR count). The van der Waals surface area contributed by atoms with E-state index in [0.717, 1.165) is 47.6 Å². The number of aliphatic hydroxyl groups is 1. The molecule has 0 spiro atoms. The summed E-state index contributed by atoms with van der Waals surface area (Å²) >= 11 is 0. The van der Waals surface area contributed by atoms with Crippen molar-refractivity contribution in [2.24, 2.45) is 0 Å². The highest BCUT2D eigenvalue weighted by Gasteiger charge is 2.46. The monoisotopic (exact) mass is 629 g/mol. The molecule has 0 saturated carbocycles. The number of aryl methyl sites for hydroxylation is 1. The lowest BCUT2D eigenvalue weighted by molar-refractivity contribution is 0.0873. The minimum atomic E-state index is -0.295. The molecule has 2 unspecified atom stereocenters. The predicted octanol–water partition coefficient (Wildman–Crippen LogP) is 7.69. The Morgan fingerprint density at radius 2 is 1.32 bits per heavy atom. The molecule has 2 fully saturated rings. The normalized spacial score (nSPS) is 19.2. The minimum absolute atomic E-state index is 0.0994. The van der Waals surface area contributed by atoms with E-state index in [-0.39, 0.29) is 28.8 Å². The zero-order valence-electron chi connectivity index (χ0n) is 29.0. The van der Waals surface area contributed by atoms with Crippen molar-refractivity contribution in [3.8, 4) is 23.5 Å². The second kappa shape index (κ2) is 13.0. The Kier molecular flexibility index (Phi) is 9.38. The summed E-state index contributed by atoms with van der Waals surface area (Å²) in [6.45, 7) is 17.5. The van der Waals surface area contributed by atoms with Crippen molar-refractivity contribution in [2.45, 2.75) is 104 Å². The summed E-state index contributed by atoms with van der Waals surface area (Å²) in [6.07, 6.45) is 2.55. The van der Waals surface area contributed by atoms with Crippen LogP contribution in [0.2, 0.25) is 0 Å². The van der Waals surface area contributed by atoms with E-state index in [1.54, 1.807) is 0 Å². The van der Waals surface area contributed by atoms with Crippen LogP contribution >= 0.6 is 0 Å². The summed E-state index contributed by atoms with van der Waals surface area (Å²) in [5, 5.41) is 28.1. The van der Waals surface area contributed by atoms with Crippen molar-refractivity contribution in [1.82, 2.24) is 14.0 Å². The van der Waals surface area contributed by atoms with Gasteiger partial charge in [0.05, 0.1) is 35.9 Å². The number of aromatic nitrogens is 2. The van der Waals surface area contributed by atoms with Crippen molar-refractivity contribution in [2.75, 3.05) is 6.54 Å². The predicted molar refractivity (Wildman–Crippen MR) is 186 cm³/mol. The van der Waals surface area contributed by atoms with Crippen LogP contribution in [0.4, 0.5) is 0 Å². The van der Waals surface area contributed by atoms with E-state index < -0.39 is 0 Å². The van der Waals surface area contributed by atoms with Crippen molar-refractivity contribution in [1.29, 1.82) is 10.5 Å². The lowest BCUT2D eigenvalue weighted by atomic mass is 9.91. The summed E-state index contributed by atoms with van der Waals surface area (Å²) in [7, 11) is 0. The Balaban J connectivity index is 0.000000207. The number of carbonyl (C=O) groups is 1. The molecule has 244 valence electrons. The Labute approximate surface area is 279 Å². The number of fused-ring (bicyclic) bond motifs is 2. The molecule has 47 heavy (non-hydrogen) atoms. The van der Waals surface area contributed by atoms with Crippen LogP contribution in [0.3, 0.4) is 0 Å². The Hall–Kier alpha value is -4.43. The van der Waals surface area contributed by atoms with Crippen LogP contribution in [0.5, 0.6) is 0 Å². The quantitative estimate of drug-likeness (QED) is 0.228. The summed E-state index contributed by atoms with van der Waals surface area (Å²) < 4.78 is 4.39. The van der Waals surface area contributed by atoms with Crippen molar-refractivity contribution < 1.29 is 9.90 Å². The highest BCUT2D eigenvalue weighted by Crippen LogP contribution is 2.38. The van der Waals surface area contributed by atoms with Crippen LogP contribution in [0.25, 0.3) is 11.4 Å². The zero-order valence-corrected chi connectivity index (χ0v) is 29.0. The van der Waals surface area contributed by atoms with Gasteiger partial charge in [-0.3, -0.25) is 9.69 Å². The maximum absolute atomic E-state index is 13.3. The molecule has 2 aromatic heterocycles. The number of Topliss-reactive ketones (excluding diaryl/α,β-unsaturated/α-hetero) is 1. The van der Waals surface area contributed by atoms with E-state index in [4.69, 9.17) is 10.5 Å². The number of nitrogens with zero attached hydrogens (tertiary/aromatic N) is 5. The average molecular weight is 630 g/mol. The Morgan fingerprint density at radius 3 is 1.77 bits per heavy atom. The number of carbonyl (C=O) groups excluding carboxylic acids is 1. The van der Waals surface area contributed by atoms with Gasteiger partial charge >= 0.3 is 0 Å². The largest absolute Gasteiger partial charge is 0.391 e. The van der Waals surface area contributed by atoms with E-state index in [1.165, 1.54) is 11.4 Å². The van der Waals surface area contributed by atoms with Gasteiger partial charge in [0.1, 0.15) is 0 Å². The van der Waals surface area contributed by atoms with Gasteiger partial charge in [0.2, 0.25) is 0 Å². The third-order valence-electron chi connectivity index (χ3n) is 9.64. The van der Waals surface area contributed by atoms with Gasteiger partial charge < -0.3 is 14.2 Å². The molecule has 0 aliphatic carbocycles. The van der Waals surface area contributed by atoms with Gasteiger partial charge in [-0.1, -0.05) is 41.5 Å². The average Bonchev–Trinajstić information content (AvgIpc) is 3.78. The fourth-order valence-electron chi connectivity index (χ4n) is 7.18. The SMILES string of the molecule is Cc1c(C(=O)CN2C3CCC2[C@@H](O)C3)cc(C(C)(C)C)n1-c1ccc(C#N)cc1.Cc1ccc(C(C)(C)C)n1-c1ccc(C#N)cc1. The second-order valence-electron chi connectivity index (χ2n) is 15.1. The fourth-order valence-corrected chi connectivity index (χ4v) is 7.18. The summed E-state index contributed by atoms with van der Waals surface area (Å²) in [5.41, 5.74) is 8.60. The molecule has 7 nitrogen and oxygen atoms in total.